The van der Waals surface area contributed by atoms with Gasteiger partial charge in [-0.05, 0) is 43.2 Å². The summed E-state index contributed by atoms with van der Waals surface area (Å²) >= 11 is 13.3. The Kier molecular flexibility index (Phi) is 9.20. The van der Waals surface area contributed by atoms with Crippen LogP contribution in [0.3, 0.4) is 0 Å². The van der Waals surface area contributed by atoms with Gasteiger partial charge in [-0.2, -0.15) is 0 Å². The molecule has 1 aromatic heterocycles. The molecular formula is C23H25Cl2N5O3S. The smallest absolute Gasteiger partial charge is 0.261 e. The first-order chi connectivity index (χ1) is 16.3. The second-order valence-electron chi connectivity index (χ2n) is 7.37. The van der Waals surface area contributed by atoms with Gasteiger partial charge in [0, 0.05) is 7.05 Å². The highest BCUT2D eigenvalue weighted by atomic mass is 35.5. The third kappa shape index (κ3) is 6.88. The van der Waals surface area contributed by atoms with Crippen molar-refractivity contribution in [2.45, 2.75) is 38.1 Å². The van der Waals surface area contributed by atoms with Gasteiger partial charge < -0.3 is 19.9 Å². The molecule has 0 aliphatic carbocycles. The quantitative estimate of drug-likeness (QED) is 0.381. The van der Waals surface area contributed by atoms with Crippen molar-refractivity contribution in [3.63, 3.8) is 0 Å². The first kappa shape index (κ1) is 25.9. The van der Waals surface area contributed by atoms with E-state index in [1.165, 1.54) is 17.3 Å². The van der Waals surface area contributed by atoms with E-state index in [1.54, 1.807) is 36.7 Å². The molecule has 1 heterocycles. The number of anilines is 1. The Morgan fingerprint density at radius 2 is 1.88 bits per heavy atom. The van der Waals surface area contributed by atoms with Gasteiger partial charge in [-0.25, -0.2) is 0 Å². The number of aryl methyl sites for hydroxylation is 1. The fourth-order valence-electron chi connectivity index (χ4n) is 2.91. The van der Waals surface area contributed by atoms with E-state index in [9.17, 15) is 9.59 Å². The maximum Gasteiger partial charge on any atom is 0.261 e. The molecule has 0 bridgehead atoms. The highest BCUT2D eigenvalue weighted by Gasteiger charge is 2.17. The number of hydrogen-bond acceptors (Lipinski definition) is 6. The summed E-state index contributed by atoms with van der Waals surface area (Å²) in [5.74, 6) is 0.755. The lowest BCUT2D eigenvalue weighted by atomic mass is 10.2. The molecule has 0 aliphatic rings. The van der Waals surface area contributed by atoms with Gasteiger partial charge in [-0.1, -0.05) is 60.1 Å². The van der Waals surface area contributed by atoms with Gasteiger partial charge >= 0.3 is 0 Å². The van der Waals surface area contributed by atoms with Crippen LogP contribution in [0.15, 0.2) is 47.6 Å². The lowest BCUT2D eigenvalue weighted by Gasteiger charge is -2.15. The number of hydrogen-bond donors (Lipinski definition) is 2. The SMILES string of the molecule is CCc1ccc(O[C@@H](C)C(=O)NCc2nnc(SCC(=O)Nc3cccc(Cl)c3Cl)n2C)cc1. The average molecular weight is 522 g/mol. The summed E-state index contributed by atoms with van der Waals surface area (Å²) in [6.45, 7) is 3.94. The molecule has 34 heavy (non-hydrogen) atoms. The van der Waals surface area contributed by atoms with Crippen molar-refractivity contribution < 1.29 is 14.3 Å². The standard InChI is InChI=1S/C23H25Cl2N5O3S/c1-4-15-8-10-16(11-9-15)33-14(2)22(32)26-12-19-28-29-23(30(19)3)34-13-20(31)27-18-7-5-6-17(24)21(18)25/h5-11,14H,4,12-13H2,1-3H3,(H,26,32)(H,27,31)/t14-/m0/s1. The van der Waals surface area contributed by atoms with Crippen LogP contribution in [0.2, 0.25) is 10.0 Å². The molecule has 2 N–H and O–H groups in total. The molecule has 1 atom stereocenters. The number of ether oxygens (including phenoxy) is 1. The number of nitrogens with zero attached hydrogens (tertiary/aromatic N) is 3. The van der Waals surface area contributed by atoms with Gasteiger partial charge in [0.2, 0.25) is 5.91 Å². The molecule has 0 fully saturated rings. The number of amides is 2. The van der Waals surface area contributed by atoms with Gasteiger partial charge in [-0.15, -0.1) is 10.2 Å². The number of carbonyl (C=O) groups is 2. The number of thioether (sulfide) groups is 1. The van der Waals surface area contributed by atoms with Crippen molar-refractivity contribution in [3.8, 4) is 5.75 Å². The van der Waals surface area contributed by atoms with E-state index >= 15 is 0 Å². The van der Waals surface area contributed by atoms with Crippen LogP contribution in [0.1, 0.15) is 25.2 Å². The Labute approximate surface area is 212 Å². The van der Waals surface area contributed by atoms with Crippen LogP contribution in [0.4, 0.5) is 5.69 Å². The molecule has 0 spiro atoms. The molecule has 0 saturated heterocycles. The van der Waals surface area contributed by atoms with Crippen LogP contribution in [-0.2, 0) is 29.6 Å². The van der Waals surface area contributed by atoms with Gasteiger partial charge in [0.25, 0.3) is 5.91 Å². The molecule has 3 rings (SSSR count). The molecule has 8 nitrogen and oxygen atoms in total. The first-order valence-corrected chi connectivity index (χ1v) is 12.3. The Hall–Kier alpha value is -2.75. The zero-order chi connectivity index (χ0) is 24.7. The lowest BCUT2D eigenvalue weighted by Crippen LogP contribution is -2.36. The second-order valence-corrected chi connectivity index (χ2v) is 9.10. The molecule has 180 valence electrons. The van der Waals surface area contributed by atoms with Crippen LogP contribution in [-0.4, -0.2) is 38.4 Å². The van der Waals surface area contributed by atoms with E-state index in [0.29, 0.717) is 27.4 Å². The average Bonchev–Trinajstić information content (AvgIpc) is 3.18. The number of aromatic nitrogens is 3. The minimum Gasteiger partial charge on any atom is -0.481 e. The summed E-state index contributed by atoms with van der Waals surface area (Å²) in [5, 5.41) is 14.9. The van der Waals surface area contributed by atoms with Crippen molar-refractivity contribution in [1.82, 2.24) is 20.1 Å². The van der Waals surface area contributed by atoms with Crippen molar-refractivity contribution in [2.24, 2.45) is 7.05 Å². The Balaban J connectivity index is 1.48. The Morgan fingerprint density at radius 1 is 1.15 bits per heavy atom. The molecule has 11 heteroatoms. The van der Waals surface area contributed by atoms with Gasteiger partial charge in [0.05, 0.1) is 28.0 Å². The van der Waals surface area contributed by atoms with Crippen LogP contribution in [0.5, 0.6) is 5.75 Å². The summed E-state index contributed by atoms with van der Waals surface area (Å²) in [6.07, 6.45) is 0.270. The molecular weight excluding hydrogens is 497 g/mol. The van der Waals surface area contributed by atoms with Crippen LogP contribution in [0.25, 0.3) is 0 Å². The first-order valence-electron chi connectivity index (χ1n) is 10.6. The van der Waals surface area contributed by atoms with Crippen molar-refractivity contribution >= 4 is 52.5 Å². The third-order valence-corrected chi connectivity index (χ3v) is 6.76. The summed E-state index contributed by atoms with van der Waals surface area (Å²) in [4.78, 5) is 24.7. The van der Waals surface area contributed by atoms with Gasteiger partial charge in [-0.3, -0.25) is 9.59 Å². The fourth-order valence-corrected chi connectivity index (χ4v) is 3.99. The molecule has 2 amide bonds. The maximum absolute atomic E-state index is 12.4. The maximum atomic E-state index is 12.4. The van der Waals surface area contributed by atoms with Crippen molar-refractivity contribution in [3.05, 3.63) is 63.9 Å². The molecule has 0 aliphatic heterocycles. The molecule has 2 aromatic carbocycles. The van der Waals surface area contributed by atoms with Crippen LogP contribution in [0, 0.1) is 0 Å². The predicted octanol–water partition coefficient (Wildman–Crippen LogP) is 4.50. The number of halogens is 2. The van der Waals surface area contributed by atoms with Crippen LogP contribution >= 0.6 is 35.0 Å². The molecule has 0 radical (unpaired) electrons. The Bertz CT molecular complexity index is 1150. The second kappa shape index (κ2) is 12.1. The predicted molar refractivity (Wildman–Crippen MR) is 135 cm³/mol. The van der Waals surface area contributed by atoms with E-state index in [0.717, 1.165) is 6.42 Å². The van der Waals surface area contributed by atoms with E-state index in [1.807, 2.05) is 24.3 Å². The largest absolute Gasteiger partial charge is 0.481 e. The van der Waals surface area contributed by atoms with Gasteiger partial charge in [0.15, 0.2) is 17.1 Å². The molecule has 0 saturated carbocycles. The fraction of sp³-hybridized carbons (Fsp3) is 0.304. The monoisotopic (exact) mass is 521 g/mol. The number of carbonyl (C=O) groups excluding carboxylic acids is 2. The summed E-state index contributed by atoms with van der Waals surface area (Å²) in [5.41, 5.74) is 1.64. The lowest BCUT2D eigenvalue weighted by molar-refractivity contribution is -0.127. The zero-order valence-corrected chi connectivity index (χ0v) is 21.3. The van der Waals surface area contributed by atoms with Gasteiger partial charge in [0.1, 0.15) is 5.75 Å². The third-order valence-electron chi connectivity index (χ3n) is 4.92. The summed E-state index contributed by atoms with van der Waals surface area (Å²) in [7, 11) is 1.77. The molecule has 3 aromatic rings. The van der Waals surface area contributed by atoms with Crippen LogP contribution < -0.4 is 15.4 Å². The minimum atomic E-state index is -0.670. The minimum absolute atomic E-state index is 0.100. The number of rotatable bonds is 10. The van der Waals surface area contributed by atoms with Crippen molar-refractivity contribution in [1.29, 1.82) is 0 Å². The summed E-state index contributed by atoms with van der Waals surface area (Å²) < 4.78 is 7.43. The summed E-state index contributed by atoms with van der Waals surface area (Å²) in [6, 6.07) is 12.7. The molecule has 0 unspecified atom stereocenters. The van der Waals surface area contributed by atoms with E-state index in [4.69, 9.17) is 27.9 Å². The van der Waals surface area contributed by atoms with Crippen molar-refractivity contribution in [2.75, 3.05) is 11.1 Å². The topological polar surface area (TPSA) is 98.1 Å². The van der Waals surface area contributed by atoms with E-state index < -0.39 is 6.10 Å². The zero-order valence-electron chi connectivity index (χ0n) is 19.0. The highest BCUT2D eigenvalue weighted by molar-refractivity contribution is 7.99. The number of nitrogens with one attached hydrogen (secondary N) is 2. The van der Waals surface area contributed by atoms with E-state index in [2.05, 4.69) is 27.8 Å². The highest BCUT2D eigenvalue weighted by Crippen LogP contribution is 2.29. The Morgan fingerprint density at radius 3 is 2.59 bits per heavy atom. The normalized spacial score (nSPS) is 11.7. The number of benzene rings is 2. The van der Waals surface area contributed by atoms with E-state index in [-0.39, 0.29) is 29.1 Å².